The number of hydrogen-bond donors (Lipinski definition) is 0. The molecule has 1 aliphatic rings. The number of ether oxygens (including phenoxy) is 1. The minimum atomic E-state index is -0.216. The second kappa shape index (κ2) is 6.19. The molecule has 1 rings (SSSR count). The molecule has 0 aromatic rings. The van der Waals surface area contributed by atoms with Crippen molar-refractivity contribution in [2.45, 2.75) is 25.7 Å². The van der Waals surface area contributed by atoms with Gasteiger partial charge in [-0.3, -0.25) is 0 Å². The van der Waals surface area contributed by atoms with Gasteiger partial charge in [0.15, 0.2) is 0 Å². The molecule has 1 fully saturated rings. The van der Waals surface area contributed by atoms with Crippen LogP contribution in [0.3, 0.4) is 0 Å². The van der Waals surface area contributed by atoms with Crippen molar-refractivity contribution in [2.75, 3.05) is 11.9 Å². The summed E-state index contributed by atoms with van der Waals surface area (Å²) in [6.45, 7) is 0.452. The molecule has 0 saturated heterocycles. The minimum absolute atomic E-state index is 0.216. The smallest absolute Gasteiger partial charge is 0.330 e. The topological polar surface area (TPSA) is 26.3 Å². The predicted octanol–water partition coefficient (Wildman–Crippen LogP) is 2.67. The molecule has 0 aromatic carbocycles. The molecule has 74 valence electrons. The van der Waals surface area contributed by atoms with Crippen LogP contribution in [0.4, 0.5) is 0 Å². The third-order valence-corrected chi connectivity index (χ3v) is 2.55. The maximum atomic E-state index is 11.0. The average molecular weight is 247 g/mol. The number of allylic oxidation sites excluding steroid dienone is 1. The first-order valence-electron chi connectivity index (χ1n) is 4.74. The van der Waals surface area contributed by atoms with Gasteiger partial charge in [0.25, 0.3) is 0 Å². The molecule has 0 bridgehead atoms. The molecule has 1 saturated carbocycles. The van der Waals surface area contributed by atoms with E-state index in [9.17, 15) is 4.79 Å². The van der Waals surface area contributed by atoms with Crippen LogP contribution in [0.1, 0.15) is 25.7 Å². The van der Waals surface area contributed by atoms with Gasteiger partial charge in [-0.2, -0.15) is 0 Å². The van der Waals surface area contributed by atoms with E-state index in [-0.39, 0.29) is 5.97 Å². The standard InChI is InChI=1S/C10H15BrO2/c11-7-8-13-10(12)6-5-9-3-1-2-4-9/h5-6,9H,1-4,7-8H2/b6-5-. The summed E-state index contributed by atoms with van der Waals surface area (Å²) in [5.74, 6) is 0.392. The molecular weight excluding hydrogens is 232 g/mol. The highest BCUT2D eigenvalue weighted by molar-refractivity contribution is 9.09. The molecule has 0 N–H and O–H groups in total. The Hall–Kier alpha value is -0.310. The summed E-state index contributed by atoms with van der Waals surface area (Å²) in [7, 11) is 0. The summed E-state index contributed by atoms with van der Waals surface area (Å²) >= 11 is 3.19. The van der Waals surface area contributed by atoms with Crippen molar-refractivity contribution in [3.05, 3.63) is 12.2 Å². The Labute approximate surface area is 87.5 Å². The van der Waals surface area contributed by atoms with Crippen LogP contribution >= 0.6 is 15.9 Å². The van der Waals surface area contributed by atoms with E-state index in [1.165, 1.54) is 25.7 Å². The summed E-state index contributed by atoms with van der Waals surface area (Å²) in [5.41, 5.74) is 0. The molecule has 3 heteroatoms. The first-order chi connectivity index (χ1) is 6.33. The van der Waals surface area contributed by atoms with Crippen LogP contribution in [0, 0.1) is 5.92 Å². The molecule has 0 heterocycles. The Kier molecular flexibility index (Phi) is 5.13. The first kappa shape index (κ1) is 10.8. The van der Waals surface area contributed by atoms with Gasteiger partial charge in [0, 0.05) is 11.4 Å². The monoisotopic (exact) mass is 246 g/mol. The third-order valence-electron chi connectivity index (χ3n) is 2.23. The summed E-state index contributed by atoms with van der Waals surface area (Å²) in [6.07, 6.45) is 8.60. The normalized spacial score (nSPS) is 18.2. The van der Waals surface area contributed by atoms with E-state index in [2.05, 4.69) is 15.9 Å². The van der Waals surface area contributed by atoms with E-state index in [4.69, 9.17) is 4.74 Å². The van der Waals surface area contributed by atoms with Crippen LogP contribution in [-0.4, -0.2) is 17.9 Å². The zero-order chi connectivity index (χ0) is 9.52. The van der Waals surface area contributed by atoms with Crippen molar-refractivity contribution in [3.63, 3.8) is 0 Å². The largest absolute Gasteiger partial charge is 0.462 e. The molecule has 1 aliphatic carbocycles. The van der Waals surface area contributed by atoms with Crippen LogP contribution in [0.15, 0.2) is 12.2 Å². The highest BCUT2D eigenvalue weighted by atomic mass is 79.9. The molecule has 13 heavy (non-hydrogen) atoms. The molecule has 2 nitrogen and oxygen atoms in total. The number of halogens is 1. The molecule has 0 amide bonds. The van der Waals surface area contributed by atoms with Crippen LogP contribution in [0.25, 0.3) is 0 Å². The average Bonchev–Trinajstić information content (AvgIpc) is 2.64. The highest BCUT2D eigenvalue weighted by Crippen LogP contribution is 2.25. The number of rotatable bonds is 4. The van der Waals surface area contributed by atoms with Crippen LogP contribution in [0.5, 0.6) is 0 Å². The van der Waals surface area contributed by atoms with Gasteiger partial charge >= 0.3 is 5.97 Å². The molecule has 0 radical (unpaired) electrons. The van der Waals surface area contributed by atoms with Gasteiger partial charge in [0.1, 0.15) is 6.61 Å². The maximum absolute atomic E-state index is 11.0. The lowest BCUT2D eigenvalue weighted by atomic mass is 10.1. The maximum Gasteiger partial charge on any atom is 0.330 e. The van der Waals surface area contributed by atoms with Crippen molar-refractivity contribution < 1.29 is 9.53 Å². The first-order valence-corrected chi connectivity index (χ1v) is 5.86. The van der Waals surface area contributed by atoms with E-state index in [1.807, 2.05) is 6.08 Å². The van der Waals surface area contributed by atoms with Gasteiger partial charge in [0.05, 0.1) is 0 Å². The van der Waals surface area contributed by atoms with E-state index in [0.717, 1.165) is 0 Å². The van der Waals surface area contributed by atoms with Gasteiger partial charge < -0.3 is 4.74 Å². The molecular formula is C10H15BrO2. The van der Waals surface area contributed by atoms with Gasteiger partial charge in [-0.15, -0.1) is 0 Å². The molecule has 0 atom stereocenters. The Morgan fingerprint density at radius 2 is 2.15 bits per heavy atom. The summed E-state index contributed by atoms with van der Waals surface area (Å²) in [6, 6.07) is 0. The SMILES string of the molecule is O=C(/C=C\C1CCCC1)OCCBr. The number of esters is 1. The third kappa shape index (κ3) is 4.46. The lowest BCUT2D eigenvalue weighted by Gasteiger charge is -2.00. The molecule has 0 unspecified atom stereocenters. The van der Waals surface area contributed by atoms with Crippen LogP contribution in [0.2, 0.25) is 0 Å². The van der Waals surface area contributed by atoms with E-state index in [1.54, 1.807) is 6.08 Å². The lowest BCUT2D eigenvalue weighted by Crippen LogP contribution is -2.03. The van der Waals surface area contributed by atoms with Gasteiger partial charge in [-0.05, 0) is 18.8 Å². The molecule has 0 aliphatic heterocycles. The van der Waals surface area contributed by atoms with Crippen molar-refractivity contribution in [2.24, 2.45) is 5.92 Å². The van der Waals surface area contributed by atoms with Gasteiger partial charge in [-0.25, -0.2) is 4.79 Å². The number of carbonyl (C=O) groups excluding carboxylic acids is 1. The van der Waals surface area contributed by atoms with Gasteiger partial charge in [0.2, 0.25) is 0 Å². The second-order valence-corrected chi connectivity index (χ2v) is 4.05. The van der Waals surface area contributed by atoms with E-state index >= 15 is 0 Å². The number of hydrogen-bond acceptors (Lipinski definition) is 2. The quantitative estimate of drug-likeness (QED) is 0.433. The van der Waals surface area contributed by atoms with E-state index in [0.29, 0.717) is 17.9 Å². The zero-order valence-electron chi connectivity index (χ0n) is 7.67. The van der Waals surface area contributed by atoms with E-state index < -0.39 is 0 Å². The fraction of sp³-hybridized carbons (Fsp3) is 0.700. The van der Waals surface area contributed by atoms with Crippen molar-refractivity contribution in [1.82, 2.24) is 0 Å². The fourth-order valence-electron chi connectivity index (χ4n) is 1.55. The fourth-order valence-corrected chi connectivity index (χ4v) is 1.71. The Morgan fingerprint density at radius 1 is 1.46 bits per heavy atom. The Bertz CT molecular complexity index is 183. The summed E-state index contributed by atoms with van der Waals surface area (Å²) in [5, 5.41) is 0.704. The van der Waals surface area contributed by atoms with Crippen LogP contribution < -0.4 is 0 Å². The van der Waals surface area contributed by atoms with Gasteiger partial charge in [-0.1, -0.05) is 34.8 Å². The summed E-state index contributed by atoms with van der Waals surface area (Å²) in [4.78, 5) is 11.0. The highest BCUT2D eigenvalue weighted by Gasteiger charge is 2.11. The lowest BCUT2D eigenvalue weighted by molar-refractivity contribution is -0.137. The predicted molar refractivity (Wildman–Crippen MR) is 55.9 cm³/mol. The Morgan fingerprint density at radius 3 is 2.77 bits per heavy atom. The second-order valence-electron chi connectivity index (χ2n) is 3.26. The number of alkyl halides is 1. The van der Waals surface area contributed by atoms with Crippen molar-refractivity contribution >= 4 is 21.9 Å². The van der Waals surface area contributed by atoms with Crippen molar-refractivity contribution in [3.8, 4) is 0 Å². The zero-order valence-corrected chi connectivity index (χ0v) is 9.26. The minimum Gasteiger partial charge on any atom is -0.462 e. The Balaban J connectivity index is 2.17. The molecule has 0 spiro atoms. The van der Waals surface area contributed by atoms with Crippen molar-refractivity contribution in [1.29, 1.82) is 0 Å². The summed E-state index contributed by atoms with van der Waals surface area (Å²) < 4.78 is 4.88. The molecule has 0 aromatic heterocycles. The van der Waals surface area contributed by atoms with Crippen LogP contribution in [-0.2, 0) is 9.53 Å². The number of carbonyl (C=O) groups is 1.